The fourth-order valence-electron chi connectivity index (χ4n) is 1.98. The number of carbonyl (C=O) groups excluding carboxylic acids is 1. The lowest BCUT2D eigenvalue weighted by Gasteiger charge is -2.22. The number of likely N-dealkylation sites (N-methyl/N-ethyl adjacent to an activating group) is 1. The lowest BCUT2D eigenvalue weighted by molar-refractivity contribution is -0.129. The minimum absolute atomic E-state index is 0.0542. The third-order valence-electron chi connectivity index (χ3n) is 3.61. The molecule has 25 heavy (non-hydrogen) atoms. The fraction of sp³-hybridized carbons (Fsp3) is 0.105. The first kappa shape index (κ1) is 18.5. The van der Waals surface area contributed by atoms with Crippen molar-refractivity contribution in [3.8, 4) is 5.75 Å². The first-order chi connectivity index (χ1) is 11.7. The van der Waals surface area contributed by atoms with E-state index in [0.717, 1.165) is 9.87 Å². The summed E-state index contributed by atoms with van der Waals surface area (Å²) in [5, 5.41) is 0. The zero-order chi connectivity index (χ0) is 18.6. The highest BCUT2D eigenvalue weighted by molar-refractivity contribution is 7.89. The van der Waals surface area contributed by atoms with Crippen LogP contribution in [0.4, 0.5) is 0 Å². The largest absolute Gasteiger partial charge is 0.423 e. The molecule has 0 fully saturated rings. The van der Waals surface area contributed by atoms with Crippen LogP contribution >= 0.6 is 0 Å². The Balaban J connectivity index is 2.16. The van der Waals surface area contributed by atoms with Gasteiger partial charge < -0.3 is 4.74 Å². The molecular weight excluding hydrogens is 338 g/mol. The van der Waals surface area contributed by atoms with Crippen LogP contribution in [0.25, 0.3) is 0 Å². The van der Waals surface area contributed by atoms with E-state index in [1.165, 1.54) is 19.2 Å². The maximum atomic E-state index is 12.6. The van der Waals surface area contributed by atoms with Crippen LogP contribution in [-0.2, 0) is 14.8 Å². The first-order valence-electron chi connectivity index (χ1n) is 7.44. The molecule has 2 aromatic carbocycles. The number of nitrogens with zero attached hydrogens (tertiary/aromatic N) is 1. The molecule has 0 bridgehead atoms. The summed E-state index contributed by atoms with van der Waals surface area (Å²) in [6.45, 7) is 9.15. The Morgan fingerprint density at radius 1 is 1.00 bits per heavy atom. The Bertz CT molecular complexity index is 900. The average molecular weight is 357 g/mol. The first-order valence-corrected chi connectivity index (χ1v) is 8.88. The maximum absolute atomic E-state index is 12.6. The highest BCUT2D eigenvalue weighted by Crippen LogP contribution is 2.22. The molecule has 0 N–H and O–H groups in total. The molecular formula is C19H19NO4S. The van der Waals surface area contributed by atoms with Gasteiger partial charge in [-0.1, -0.05) is 49.1 Å². The zero-order valence-corrected chi connectivity index (χ0v) is 14.9. The Morgan fingerprint density at radius 2 is 1.56 bits per heavy atom. The Hall–Kier alpha value is -2.86. The lowest BCUT2D eigenvalue weighted by atomic mass is 10.2. The van der Waals surface area contributed by atoms with Crippen molar-refractivity contribution in [3.05, 3.63) is 84.6 Å². The van der Waals surface area contributed by atoms with Crippen LogP contribution < -0.4 is 4.74 Å². The number of hydrogen-bond acceptors (Lipinski definition) is 4. The number of carbonyl (C=O) groups is 1. The standard InChI is InChI=1S/C19H19NO4S/c1-14-10-12-18(13-11-14)25(22,23)20(4)16(3)15(2)19(21)24-17-8-6-5-7-9-17/h5-13H,2-3H2,1,4H3. The quantitative estimate of drug-likeness (QED) is 0.344. The van der Waals surface area contributed by atoms with Gasteiger partial charge in [0, 0.05) is 7.05 Å². The lowest BCUT2D eigenvalue weighted by Crippen LogP contribution is -2.29. The van der Waals surface area contributed by atoms with E-state index in [2.05, 4.69) is 13.2 Å². The molecule has 0 aliphatic rings. The molecule has 0 radical (unpaired) electrons. The summed E-state index contributed by atoms with van der Waals surface area (Å²) >= 11 is 0. The Morgan fingerprint density at radius 3 is 2.12 bits per heavy atom. The molecule has 0 spiro atoms. The molecule has 0 heterocycles. The van der Waals surface area contributed by atoms with Crippen molar-refractivity contribution in [3.63, 3.8) is 0 Å². The number of rotatable bonds is 6. The molecule has 0 unspecified atom stereocenters. The number of aryl methyl sites for hydroxylation is 1. The third kappa shape index (κ3) is 4.16. The van der Waals surface area contributed by atoms with Gasteiger partial charge in [0.15, 0.2) is 0 Å². The second-order valence-corrected chi connectivity index (χ2v) is 7.38. The van der Waals surface area contributed by atoms with Crippen LogP contribution in [0, 0.1) is 6.92 Å². The van der Waals surface area contributed by atoms with Crippen LogP contribution in [0.1, 0.15) is 5.56 Å². The number of esters is 1. The van der Waals surface area contributed by atoms with Crippen molar-refractivity contribution < 1.29 is 17.9 Å². The van der Waals surface area contributed by atoms with E-state index in [9.17, 15) is 13.2 Å². The van der Waals surface area contributed by atoms with E-state index < -0.39 is 16.0 Å². The molecule has 2 aromatic rings. The molecule has 0 aromatic heterocycles. The predicted octanol–water partition coefficient (Wildman–Crippen LogP) is 3.29. The number of benzene rings is 2. The summed E-state index contributed by atoms with van der Waals surface area (Å²) < 4.78 is 31.4. The van der Waals surface area contributed by atoms with Crippen molar-refractivity contribution in [2.45, 2.75) is 11.8 Å². The van der Waals surface area contributed by atoms with E-state index in [1.54, 1.807) is 42.5 Å². The molecule has 0 atom stereocenters. The van der Waals surface area contributed by atoms with E-state index in [1.807, 2.05) is 6.92 Å². The average Bonchev–Trinajstić information content (AvgIpc) is 2.61. The summed E-state index contributed by atoms with van der Waals surface area (Å²) in [7, 11) is -2.52. The Labute approximate surface area is 147 Å². The summed E-state index contributed by atoms with van der Waals surface area (Å²) in [5.74, 6) is -0.423. The molecule has 6 heteroatoms. The number of hydrogen-bond donors (Lipinski definition) is 0. The second kappa shape index (κ2) is 7.36. The molecule has 0 saturated heterocycles. The summed E-state index contributed by atoms with van der Waals surface area (Å²) in [4.78, 5) is 12.3. The van der Waals surface area contributed by atoms with Crippen LogP contribution in [0.5, 0.6) is 5.75 Å². The minimum atomic E-state index is -3.84. The van der Waals surface area contributed by atoms with Gasteiger partial charge >= 0.3 is 5.97 Å². The van der Waals surface area contributed by atoms with Gasteiger partial charge in [0.05, 0.1) is 16.2 Å². The molecule has 0 aliphatic heterocycles. The summed E-state index contributed by atoms with van der Waals surface area (Å²) in [6, 6.07) is 14.8. The van der Waals surface area contributed by atoms with Crippen LogP contribution in [0.3, 0.4) is 0 Å². The topological polar surface area (TPSA) is 63.7 Å². The second-order valence-electron chi connectivity index (χ2n) is 5.41. The van der Waals surface area contributed by atoms with Gasteiger partial charge in [0.1, 0.15) is 5.75 Å². The van der Waals surface area contributed by atoms with Crippen molar-refractivity contribution in [1.82, 2.24) is 4.31 Å². The van der Waals surface area contributed by atoms with Crippen molar-refractivity contribution in [2.75, 3.05) is 7.05 Å². The van der Waals surface area contributed by atoms with Crippen molar-refractivity contribution >= 4 is 16.0 Å². The highest BCUT2D eigenvalue weighted by Gasteiger charge is 2.26. The Kier molecular flexibility index (Phi) is 5.44. The van der Waals surface area contributed by atoms with E-state index in [-0.39, 0.29) is 16.2 Å². The number of para-hydroxylation sites is 1. The van der Waals surface area contributed by atoms with Crippen LogP contribution in [0.15, 0.2) is 83.9 Å². The van der Waals surface area contributed by atoms with Gasteiger partial charge in [-0.3, -0.25) is 4.31 Å². The van der Waals surface area contributed by atoms with Gasteiger partial charge in [0.2, 0.25) is 0 Å². The molecule has 0 aliphatic carbocycles. The summed E-state index contributed by atoms with van der Waals surface area (Å²) in [5.41, 5.74) is 0.750. The van der Waals surface area contributed by atoms with E-state index in [0.29, 0.717) is 5.75 Å². The van der Waals surface area contributed by atoms with Crippen molar-refractivity contribution in [1.29, 1.82) is 0 Å². The number of sulfonamides is 1. The van der Waals surface area contributed by atoms with Crippen molar-refractivity contribution in [2.24, 2.45) is 0 Å². The smallest absolute Gasteiger partial charge is 0.345 e. The minimum Gasteiger partial charge on any atom is -0.423 e. The maximum Gasteiger partial charge on any atom is 0.345 e. The molecule has 130 valence electrons. The zero-order valence-electron chi connectivity index (χ0n) is 14.1. The highest BCUT2D eigenvalue weighted by atomic mass is 32.2. The molecule has 5 nitrogen and oxygen atoms in total. The van der Waals surface area contributed by atoms with Gasteiger partial charge in [-0.25, -0.2) is 13.2 Å². The normalized spacial score (nSPS) is 10.8. The van der Waals surface area contributed by atoms with Crippen LogP contribution in [0.2, 0.25) is 0 Å². The van der Waals surface area contributed by atoms with E-state index >= 15 is 0 Å². The van der Waals surface area contributed by atoms with Gasteiger partial charge in [-0.15, -0.1) is 0 Å². The van der Waals surface area contributed by atoms with Crippen LogP contribution in [-0.4, -0.2) is 25.7 Å². The van der Waals surface area contributed by atoms with Gasteiger partial charge in [-0.05, 0) is 31.2 Å². The molecule has 0 saturated carbocycles. The van der Waals surface area contributed by atoms with Gasteiger partial charge in [0.25, 0.3) is 10.0 Å². The predicted molar refractivity (Wildman–Crippen MR) is 96.5 cm³/mol. The SMILES string of the molecule is C=C(C(=C)N(C)S(=O)(=O)c1ccc(C)cc1)C(=O)Oc1ccccc1. The number of ether oxygens (including phenoxy) is 1. The molecule has 2 rings (SSSR count). The van der Waals surface area contributed by atoms with Gasteiger partial charge in [-0.2, -0.15) is 0 Å². The third-order valence-corrected chi connectivity index (χ3v) is 5.42. The molecule has 0 amide bonds. The van der Waals surface area contributed by atoms with E-state index in [4.69, 9.17) is 4.74 Å². The monoisotopic (exact) mass is 357 g/mol. The summed E-state index contributed by atoms with van der Waals surface area (Å²) in [6.07, 6.45) is 0. The fourth-order valence-corrected chi connectivity index (χ4v) is 3.18.